The Morgan fingerprint density at radius 3 is 2.44 bits per heavy atom. The van der Waals surface area contributed by atoms with Crippen LogP contribution >= 0.6 is 0 Å². The normalized spacial score (nSPS) is 11.4. The molecule has 0 unspecified atom stereocenters. The fourth-order valence-electron chi connectivity index (χ4n) is 1.34. The zero-order valence-electron chi connectivity index (χ0n) is 10.1. The van der Waals surface area contributed by atoms with Crippen LogP contribution in [0.15, 0.2) is 12.1 Å². The smallest absolute Gasteiger partial charge is 0.225 e. The van der Waals surface area contributed by atoms with Crippen molar-refractivity contribution in [2.75, 3.05) is 6.61 Å². The number of hydrogen-bond acceptors (Lipinski definition) is 2. The van der Waals surface area contributed by atoms with Gasteiger partial charge in [0.15, 0.2) is 17.5 Å². The number of halogens is 3. The molecule has 0 aliphatic rings. The summed E-state index contributed by atoms with van der Waals surface area (Å²) in [5.41, 5.74) is -1.09. The first-order valence-electron chi connectivity index (χ1n) is 5.31. The van der Waals surface area contributed by atoms with Crippen molar-refractivity contribution in [3.8, 4) is 0 Å². The molecule has 18 heavy (non-hydrogen) atoms. The van der Waals surface area contributed by atoms with Crippen LogP contribution in [0.5, 0.6) is 0 Å². The molecule has 3 nitrogen and oxygen atoms in total. The van der Waals surface area contributed by atoms with Crippen molar-refractivity contribution in [2.24, 2.45) is 0 Å². The van der Waals surface area contributed by atoms with Crippen LogP contribution in [0.4, 0.5) is 13.2 Å². The molecule has 1 amide bonds. The van der Waals surface area contributed by atoms with E-state index in [9.17, 15) is 18.0 Å². The summed E-state index contributed by atoms with van der Waals surface area (Å²) in [6.45, 7) is 2.86. The molecule has 0 bridgehead atoms. The second kappa shape index (κ2) is 5.39. The number of carbonyl (C=O) groups excluding carboxylic acids is 1. The Labute approximate surface area is 103 Å². The SMILES string of the molecule is CC(C)(CO)NC(=O)Cc1ccc(F)c(F)c1F. The van der Waals surface area contributed by atoms with E-state index in [1.54, 1.807) is 13.8 Å². The van der Waals surface area contributed by atoms with Gasteiger partial charge in [0.05, 0.1) is 18.6 Å². The quantitative estimate of drug-likeness (QED) is 0.808. The van der Waals surface area contributed by atoms with Gasteiger partial charge in [0.25, 0.3) is 0 Å². The van der Waals surface area contributed by atoms with Crippen LogP contribution in [0.1, 0.15) is 19.4 Å². The second-order valence-electron chi connectivity index (χ2n) is 4.60. The lowest BCUT2D eigenvalue weighted by atomic mass is 10.1. The minimum absolute atomic E-state index is 0.236. The third-order valence-electron chi connectivity index (χ3n) is 2.34. The maximum absolute atomic E-state index is 13.3. The molecule has 0 spiro atoms. The fourth-order valence-corrected chi connectivity index (χ4v) is 1.34. The summed E-state index contributed by atoms with van der Waals surface area (Å²) in [4.78, 5) is 11.5. The van der Waals surface area contributed by atoms with E-state index in [-0.39, 0.29) is 12.2 Å². The summed E-state index contributed by atoms with van der Waals surface area (Å²) in [5.74, 6) is -4.85. The van der Waals surface area contributed by atoms with Gasteiger partial charge < -0.3 is 10.4 Å². The maximum Gasteiger partial charge on any atom is 0.225 e. The Morgan fingerprint density at radius 1 is 1.28 bits per heavy atom. The van der Waals surface area contributed by atoms with E-state index >= 15 is 0 Å². The van der Waals surface area contributed by atoms with Gasteiger partial charge in [-0.05, 0) is 19.9 Å². The van der Waals surface area contributed by atoms with E-state index in [1.807, 2.05) is 0 Å². The van der Waals surface area contributed by atoms with Crippen molar-refractivity contribution in [1.82, 2.24) is 5.32 Å². The summed E-state index contributed by atoms with van der Waals surface area (Å²) >= 11 is 0. The van der Waals surface area contributed by atoms with E-state index in [2.05, 4.69) is 5.32 Å². The Hall–Kier alpha value is -1.56. The van der Waals surface area contributed by atoms with E-state index < -0.39 is 35.3 Å². The van der Waals surface area contributed by atoms with E-state index in [1.165, 1.54) is 0 Å². The number of aliphatic hydroxyl groups excluding tert-OH is 1. The monoisotopic (exact) mass is 261 g/mol. The molecule has 0 aromatic heterocycles. The van der Waals surface area contributed by atoms with Gasteiger partial charge in [0, 0.05) is 5.56 Å². The second-order valence-corrected chi connectivity index (χ2v) is 4.60. The first kappa shape index (κ1) is 14.5. The van der Waals surface area contributed by atoms with Gasteiger partial charge in [-0.3, -0.25) is 4.79 Å². The molecular formula is C12H14F3NO2. The standard InChI is InChI=1S/C12H14F3NO2/c1-12(2,6-17)16-9(18)5-7-3-4-8(13)11(15)10(7)14/h3-4,17H,5-6H2,1-2H3,(H,16,18). The molecular weight excluding hydrogens is 247 g/mol. The molecule has 1 rings (SSSR count). The Kier molecular flexibility index (Phi) is 4.34. The van der Waals surface area contributed by atoms with Crippen molar-refractivity contribution < 1.29 is 23.1 Å². The number of hydrogen-bond donors (Lipinski definition) is 2. The van der Waals surface area contributed by atoms with Crippen molar-refractivity contribution in [3.05, 3.63) is 35.1 Å². The van der Waals surface area contributed by atoms with Gasteiger partial charge in [-0.2, -0.15) is 0 Å². The molecule has 0 saturated carbocycles. The lowest BCUT2D eigenvalue weighted by Crippen LogP contribution is -2.46. The first-order valence-corrected chi connectivity index (χ1v) is 5.31. The van der Waals surface area contributed by atoms with E-state index in [0.29, 0.717) is 0 Å². The molecule has 0 heterocycles. The summed E-state index contributed by atoms with van der Waals surface area (Å²) in [6, 6.07) is 1.78. The van der Waals surface area contributed by atoms with Crippen LogP contribution < -0.4 is 5.32 Å². The molecule has 1 aromatic carbocycles. The van der Waals surface area contributed by atoms with Gasteiger partial charge in [-0.15, -0.1) is 0 Å². The minimum Gasteiger partial charge on any atom is -0.394 e. The number of nitrogens with one attached hydrogen (secondary N) is 1. The molecule has 0 aliphatic heterocycles. The topological polar surface area (TPSA) is 49.3 Å². The molecule has 100 valence electrons. The lowest BCUT2D eigenvalue weighted by molar-refractivity contribution is -0.122. The zero-order chi connectivity index (χ0) is 13.9. The number of amides is 1. The Bertz CT molecular complexity index is 461. The van der Waals surface area contributed by atoms with Crippen LogP contribution in [-0.2, 0) is 11.2 Å². The van der Waals surface area contributed by atoms with Gasteiger partial charge >= 0.3 is 0 Å². The van der Waals surface area contributed by atoms with Crippen molar-refractivity contribution >= 4 is 5.91 Å². The Morgan fingerprint density at radius 2 is 1.89 bits per heavy atom. The average Bonchev–Trinajstić information content (AvgIpc) is 2.29. The molecule has 0 aliphatic carbocycles. The average molecular weight is 261 g/mol. The molecule has 0 saturated heterocycles. The molecule has 0 atom stereocenters. The summed E-state index contributed by atoms with van der Waals surface area (Å²) in [6.07, 6.45) is -0.424. The van der Waals surface area contributed by atoms with E-state index in [4.69, 9.17) is 5.11 Å². The highest BCUT2D eigenvalue weighted by Crippen LogP contribution is 2.15. The molecule has 6 heteroatoms. The Balaban J connectivity index is 2.80. The summed E-state index contributed by atoms with van der Waals surface area (Å²) in [5, 5.41) is 11.4. The van der Waals surface area contributed by atoms with Gasteiger partial charge in [-0.1, -0.05) is 6.07 Å². The van der Waals surface area contributed by atoms with Crippen LogP contribution in [0, 0.1) is 17.5 Å². The van der Waals surface area contributed by atoms with Gasteiger partial charge in [0.1, 0.15) is 0 Å². The maximum atomic E-state index is 13.3. The van der Waals surface area contributed by atoms with Crippen molar-refractivity contribution in [3.63, 3.8) is 0 Å². The summed E-state index contributed by atoms with van der Waals surface area (Å²) < 4.78 is 38.9. The number of rotatable bonds is 4. The largest absolute Gasteiger partial charge is 0.394 e. The van der Waals surface area contributed by atoms with Crippen molar-refractivity contribution in [1.29, 1.82) is 0 Å². The first-order chi connectivity index (χ1) is 8.26. The highest BCUT2D eigenvalue weighted by molar-refractivity contribution is 5.79. The molecule has 1 aromatic rings. The predicted molar refractivity (Wildman–Crippen MR) is 59.3 cm³/mol. The minimum atomic E-state index is -1.60. The third-order valence-corrected chi connectivity index (χ3v) is 2.34. The highest BCUT2D eigenvalue weighted by Gasteiger charge is 2.21. The molecule has 2 N–H and O–H groups in total. The van der Waals surface area contributed by atoms with Crippen LogP contribution in [0.3, 0.4) is 0 Å². The third kappa shape index (κ3) is 3.46. The van der Waals surface area contributed by atoms with E-state index in [0.717, 1.165) is 12.1 Å². The van der Waals surface area contributed by atoms with Gasteiger partial charge in [-0.25, -0.2) is 13.2 Å². The van der Waals surface area contributed by atoms with Crippen LogP contribution in [0.2, 0.25) is 0 Å². The van der Waals surface area contributed by atoms with Crippen LogP contribution in [0.25, 0.3) is 0 Å². The number of benzene rings is 1. The van der Waals surface area contributed by atoms with Crippen LogP contribution in [-0.4, -0.2) is 23.2 Å². The van der Waals surface area contributed by atoms with Gasteiger partial charge in [0.2, 0.25) is 5.91 Å². The number of aliphatic hydroxyl groups is 1. The fraction of sp³-hybridized carbons (Fsp3) is 0.417. The summed E-state index contributed by atoms with van der Waals surface area (Å²) in [7, 11) is 0. The lowest BCUT2D eigenvalue weighted by Gasteiger charge is -2.23. The number of carbonyl (C=O) groups is 1. The highest BCUT2D eigenvalue weighted by atomic mass is 19.2. The molecule has 0 fully saturated rings. The predicted octanol–water partition coefficient (Wildman–Crippen LogP) is 1.53. The van der Waals surface area contributed by atoms with Crippen molar-refractivity contribution in [2.45, 2.75) is 25.8 Å². The zero-order valence-corrected chi connectivity index (χ0v) is 10.1. The molecule has 0 radical (unpaired) electrons.